The quantitative estimate of drug-likeness (QED) is 0.790. The van der Waals surface area contributed by atoms with E-state index in [2.05, 4.69) is 15.9 Å². The van der Waals surface area contributed by atoms with Gasteiger partial charge in [-0.05, 0) is 52.0 Å². The van der Waals surface area contributed by atoms with Gasteiger partial charge in [-0.25, -0.2) is 4.79 Å². The Bertz CT molecular complexity index is 726. The lowest BCUT2D eigenvalue weighted by molar-refractivity contribution is 0.0639. The van der Waals surface area contributed by atoms with E-state index in [9.17, 15) is 9.59 Å². The van der Waals surface area contributed by atoms with Gasteiger partial charge in [-0.3, -0.25) is 4.79 Å². The smallest absolute Gasteiger partial charge is 0.349 e. The third kappa shape index (κ3) is 3.18. The Kier molecular flexibility index (Phi) is 4.52. The van der Waals surface area contributed by atoms with Crippen LogP contribution in [0.3, 0.4) is 0 Å². The van der Waals surface area contributed by atoms with Crippen LogP contribution in [0.4, 0.5) is 0 Å². The lowest BCUT2D eigenvalue weighted by atomic mass is 10.1. The van der Waals surface area contributed by atoms with E-state index in [1.165, 1.54) is 0 Å². The Balaban J connectivity index is 2.57. The first-order valence-electron chi connectivity index (χ1n) is 6.87. The summed E-state index contributed by atoms with van der Waals surface area (Å²) in [6.07, 6.45) is 0. The van der Waals surface area contributed by atoms with Crippen LogP contribution in [-0.4, -0.2) is 22.9 Å². The van der Waals surface area contributed by atoms with Gasteiger partial charge >= 0.3 is 5.63 Å². The number of carbonyl (C=O) groups excluding carboxylic acids is 1. The van der Waals surface area contributed by atoms with Crippen LogP contribution in [0.1, 0.15) is 38.1 Å². The molecule has 112 valence electrons. The van der Waals surface area contributed by atoms with Crippen molar-refractivity contribution in [2.45, 2.75) is 39.8 Å². The number of halogens is 1. The van der Waals surface area contributed by atoms with E-state index in [0.29, 0.717) is 5.58 Å². The topological polar surface area (TPSA) is 50.5 Å². The van der Waals surface area contributed by atoms with E-state index in [4.69, 9.17) is 4.42 Å². The van der Waals surface area contributed by atoms with Gasteiger partial charge in [-0.15, -0.1) is 0 Å². The van der Waals surface area contributed by atoms with Crippen LogP contribution in [0.2, 0.25) is 0 Å². The summed E-state index contributed by atoms with van der Waals surface area (Å²) < 4.78 is 6.12. The van der Waals surface area contributed by atoms with Gasteiger partial charge in [0.15, 0.2) is 0 Å². The molecule has 2 rings (SSSR count). The SMILES string of the molecule is CC(C)N(C(=O)c1cc2cc(Br)ccc2oc1=O)C(C)C. The molecule has 0 atom stereocenters. The van der Waals surface area contributed by atoms with Gasteiger partial charge in [-0.1, -0.05) is 15.9 Å². The summed E-state index contributed by atoms with van der Waals surface area (Å²) in [5.74, 6) is -0.296. The molecular formula is C16H18BrNO3. The number of hydrogen-bond acceptors (Lipinski definition) is 3. The second-order valence-electron chi connectivity index (χ2n) is 5.53. The second kappa shape index (κ2) is 6.02. The molecule has 0 N–H and O–H groups in total. The van der Waals surface area contributed by atoms with E-state index < -0.39 is 5.63 Å². The normalized spacial score (nSPS) is 11.4. The van der Waals surface area contributed by atoms with Crippen molar-refractivity contribution in [2.24, 2.45) is 0 Å². The van der Waals surface area contributed by atoms with Crippen LogP contribution >= 0.6 is 15.9 Å². The first kappa shape index (κ1) is 15.8. The van der Waals surface area contributed by atoms with Crippen LogP contribution in [0.25, 0.3) is 11.0 Å². The Morgan fingerprint density at radius 3 is 2.33 bits per heavy atom. The highest BCUT2D eigenvalue weighted by Gasteiger charge is 2.24. The van der Waals surface area contributed by atoms with Crippen molar-refractivity contribution in [1.29, 1.82) is 0 Å². The van der Waals surface area contributed by atoms with Gasteiger partial charge in [0, 0.05) is 21.9 Å². The lowest BCUT2D eigenvalue weighted by Gasteiger charge is -2.30. The number of nitrogens with zero attached hydrogens (tertiary/aromatic N) is 1. The molecule has 2 aromatic rings. The van der Waals surface area contributed by atoms with Gasteiger partial charge in [0.05, 0.1) is 0 Å². The fourth-order valence-electron chi connectivity index (χ4n) is 2.45. The molecule has 0 bridgehead atoms. The minimum Gasteiger partial charge on any atom is -0.422 e. The molecule has 0 aliphatic heterocycles. The van der Waals surface area contributed by atoms with Crippen molar-refractivity contribution < 1.29 is 9.21 Å². The summed E-state index contributed by atoms with van der Waals surface area (Å²) in [5, 5.41) is 0.722. The van der Waals surface area contributed by atoms with Crippen LogP contribution in [-0.2, 0) is 0 Å². The zero-order chi connectivity index (χ0) is 15.7. The lowest BCUT2D eigenvalue weighted by Crippen LogP contribution is -2.43. The molecule has 0 saturated heterocycles. The molecule has 0 aliphatic rings. The molecule has 1 heterocycles. The van der Waals surface area contributed by atoms with Crippen LogP contribution in [0.5, 0.6) is 0 Å². The largest absolute Gasteiger partial charge is 0.422 e. The minimum atomic E-state index is -0.596. The number of amides is 1. The molecule has 0 fully saturated rings. The standard InChI is InChI=1S/C16H18BrNO3/c1-9(2)18(10(3)4)15(19)13-8-11-7-12(17)5-6-14(11)21-16(13)20/h5-10H,1-4H3. The monoisotopic (exact) mass is 351 g/mol. The molecule has 0 aliphatic carbocycles. The molecule has 0 unspecified atom stereocenters. The summed E-state index contributed by atoms with van der Waals surface area (Å²) >= 11 is 3.37. The molecule has 1 aromatic heterocycles. The Hall–Kier alpha value is -1.62. The number of hydrogen-bond donors (Lipinski definition) is 0. The van der Waals surface area contributed by atoms with E-state index in [1.807, 2.05) is 33.8 Å². The Morgan fingerprint density at radius 1 is 1.14 bits per heavy atom. The van der Waals surface area contributed by atoms with E-state index in [-0.39, 0.29) is 23.6 Å². The van der Waals surface area contributed by atoms with Crippen LogP contribution in [0.15, 0.2) is 37.9 Å². The fraction of sp³-hybridized carbons (Fsp3) is 0.375. The van der Waals surface area contributed by atoms with Crippen molar-refractivity contribution in [3.63, 3.8) is 0 Å². The number of fused-ring (bicyclic) bond motifs is 1. The van der Waals surface area contributed by atoms with Gasteiger partial charge in [0.2, 0.25) is 0 Å². The number of carbonyl (C=O) groups is 1. The minimum absolute atomic E-state index is 0.00936. The highest BCUT2D eigenvalue weighted by Crippen LogP contribution is 2.20. The van der Waals surface area contributed by atoms with Crippen molar-refractivity contribution >= 4 is 32.8 Å². The van der Waals surface area contributed by atoms with Gasteiger partial charge in [-0.2, -0.15) is 0 Å². The number of benzene rings is 1. The zero-order valence-electron chi connectivity index (χ0n) is 12.5. The zero-order valence-corrected chi connectivity index (χ0v) is 14.1. The molecule has 1 amide bonds. The highest BCUT2D eigenvalue weighted by molar-refractivity contribution is 9.10. The molecule has 4 nitrogen and oxygen atoms in total. The summed E-state index contributed by atoms with van der Waals surface area (Å²) in [7, 11) is 0. The molecule has 0 radical (unpaired) electrons. The fourth-order valence-corrected chi connectivity index (χ4v) is 2.83. The Morgan fingerprint density at radius 2 is 1.76 bits per heavy atom. The van der Waals surface area contributed by atoms with E-state index >= 15 is 0 Å². The average molecular weight is 352 g/mol. The van der Waals surface area contributed by atoms with Crippen molar-refractivity contribution in [2.75, 3.05) is 0 Å². The maximum absolute atomic E-state index is 12.6. The van der Waals surface area contributed by atoms with Crippen LogP contribution in [0, 0.1) is 0 Å². The average Bonchev–Trinajstić information content (AvgIpc) is 2.37. The van der Waals surface area contributed by atoms with Gasteiger partial charge in [0.25, 0.3) is 5.91 Å². The summed E-state index contributed by atoms with van der Waals surface area (Å²) in [6.45, 7) is 7.71. The molecule has 1 aromatic carbocycles. The van der Waals surface area contributed by atoms with Crippen LogP contribution < -0.4 is 5.63 Å². The molecule has 5 heteroatoms. The maximum atomic E-state index is 12.6. The third-order valence-electron chi connectivity index (χ3n) is 3.27. The summed E-state index contributed by atoms with van der Waals surface area (Å²) in [4.78, 5) is 26.4. The summed E-state index contributed by atoms with van der Waals surface area (Å²) in [6, 6.07) is 6.94. The Labute approximate surface area is 131 Å². The predicted molar refractivity (Wildman–Crippen MR) is 86.6 cm³/mol. The second-order valence-corrected chi connectivity index (χ2v) is 6.45. The maximum Gasteiger partial charge on any atom is 0.349 e. The van der Waals surface area contributed by atoms with Crippen molar-refractivity contribution in [3.8, 4) is 0 Å². The molecule has 21 heavy (non-hydrogen) atoms. The highest BCUT2D eigenvalue weighted by atomic mass is 79.9. The van der Waals surface area contributed by atoms with Gasteiger partial charge < -0.3 is 9.32 Å². The molecule has 0 spiro atoms. The third-order valence-corrected chi connectivity index (χ3v) is 3.77. The molecule has 0 saturated carbocycles. The van der Waals surface area contributed by atoms with Crippen molar-refractivity contribution in [1.82, 2.24) is 4.90 Å². The number of rotatable bonds is 3. The predicted octanol–water partition coefficient (Wildman–Crippen LogP) is 3.81. The van der Waals surface area contributed by atoms with Gasteiger partial charge in [0.1, 0.15) is 11.1 Å². The first-order chi connectivity index (χ1) is 9.81. The molecular weight excluding hydrogens is 334 g/mol. The van der Waals surface area contributed by atoms with E-state index in [0.717, 1.165) is 9.86 Å². The van der Waals surface area contributed by atoms with Crippen molar-refractivity contribution in [3.05, 3.63) is 44.7 Å². The first-order valence-corrected chi connectivity index (χ1v) is 7.66. The van der Waals surface area contributed by atoms with E-state index in [1.54, 1.807) is 23.1 Å². The summed E-state index contributed by atoms with van der Waals surface area (Å²) in [5.41, 5.74) is -0.0514.